The Morgan fingerprint density at radius 2 is 1.94 bits per heavy atom. The zero-order chi connectivity index (χ0) is 12.5. The molecule has 8 nitrogen and oxygen atoms in total. The van der Waals surface area contributed by atoms with Gasteiger partial charge in [0.1, 0.15) is 0 Å². The van der Waals surface area contributed by atoms with E-state index >= 15 is 0 Å². The molecule has 0 fully saturated rings. The van der Waals surface area contributed by atoms with Crippen LogP contribution in [-0.4, -0.2) is 19.9 Å². The van der Waals surface area contributed by atoms with Crippen molar-refractivity contribution in [1.29, 1.82) is 0 Å². The lowest BCUT2D eigenvalue weighted by atomic mass is 10.2. The van der Waals surface area contributed by atoms with E-state index in [1.807, 2.05) is 12.1 Å². The van der Waals surface area contributed by atoms with E-state index in [0.717, 1.165) is 0 Å². The highest BCUT2D eigenvalue weighted by Crippen LogP contribution is 2.28. The van der Waals surface area contributed by atoms with Crippen LogP contribution in [0.1, 0.15) is 0 Å². The van der Waals surface area contributed by atoms with E-state index in [9.17, 15) is 10.1 Å². The second-order valence-corrected chi connectivity index (χ2v) is 3.55. The monoisotopic (exact) mass is 245 g/mol. The maximum Gasteiger partial charge on any atom is 0.300 e. The summed E-state index contributed by atoms with van der Waals surface area (Å²) < 4.78 is 6.25. The van der Waals surface area contributed by atoms with Gasteiger partial charge in [-0.1, -0.05) is 0 Å². The van der Waals surface area contributed by atoms with Crippen LogP contribution in [0.15, 0.2) is 41.3 Å². The van der Waals surface area contributed by atoms with E-state index in [4.69, 9.17) is 0 Å². The van der Waals surface area contributed by atoms with E-state index in [-0.39, 0.29) is 11.2 Å². The second-order valence-electron chi connectivity index (χ2n) is 3.55. The standard InChI is InChI=1S/C10H7N5O3/c16-15(17)8-4-3-7(9-10(8)13-18-12-9)11-14-5-1-2-6-14/h1-6,11H. The van der Waals surface area contributed by atoms with Crippen molar-refractivity contribution < 1.29 is 9.55 Å². The predicted molar refractivity (Wildman–Crippen MR) is 61.9 cm³/mol. The molecule has 0 atom stereocenters. The number of benzene rings is 1. The number of aromatic nitrogens is 3. The summed E-state index contributed by atoms with van der Waals surface area (Å²) in [6.45, 7) is 0. The summed E-state index contributed by atoms with van der Waals surface area (Å²) in [6, 6.07) is 6.61. The van der Waals surface area contributed by atoms with Crippen molar-refractivity contribution >= 4 is 22.4 Å². The van der Waals surface area contributed by atoms with E-state index < -0.39 is 4.92 Å². The smallest absolute Gasteiger partial charge is 0.292 e. The Bertz CT molecular complexity index is 703. The number of fused-ring (bicyclic) bond motifs is 1. The molecule has 0 aliphatic rings. The average molecular weight is 245 g/mol. The Labute approximate surface area is 99.9 Å². The zero-order valence-corrected chi connectivity index (χ0v) is 8.98. The van der Waals surface area contributed by atoms with Gasteiger partial charge in [-0.2, -0.15) is 0 Å². The molecular formula is C10H7N5O3. The Hall–Kier alpha value is -2.90. The zero-order valence-electron chi connectivity index (χ0n) is 8.98. The third-order valence-electron chi connectivity index (χ3n) is 2.44. The number of hydrogen-bond donors (Lipinski definition) is 1. The van der Waals surface area contributed by atoms with Crippen LogP contribution in [0.3, 0.4) is 0 Å². The molecular weight excluding hydrogens is 238 g/mol. The number of nitro groups is 1. The molecule has 1 aromatic carbocycles. The molecule has 2 heterocycles. The van der Waals surface area contributed by atoms with Crippen LogP contribution in [0, 0.1) is 10.1 Å². The number of nitrogens with zero attached hydrogens (tertiary/aromatic N) is 4. The van der Waals surface area contributed by atoms with Gasteiger partial charge in [0.15, 0.2) is 5.52 Å². The van der Waals surface area contributed by atoms with Gasteiger partial charge in [0.25, 0.3) is 0 Å². The predicted octanol–water partition coefficient (Wildman–Crippen LogP) is 1.81. The van der Waals surface area contributed by atoms with Crippen LogP contribution >= 0.6 is 0 Å². The number of nitrogens with one attached hydrogen (secondary N) is 1. The number of rotatable bonds is 3. The average Bonchev–Trinajstić information content (AvgIpc) is 2.98. The van der Waals surface area contributed by atoms with Gasteiger partial charge in [0, 0.05) is 18.5 Å². The summed E-state index contributed by atoms with van der Waals surface area (Å²) >= 11 is 0. The minimum atomic E-state index is -0.522. The quantitative estimate of drug-likeness (QED) is 0.558. The summed E-state index contributed by atoms with van der Waals surface area (Å²) in [5.74, 6) is 0. The first kappa shape index (κ1) is 10.3. The molecule has 0 saturated carbocycles. The van der Waals surface area contributed by atoms with Gasteiger partial charge < -0.3 is 0 Å². The lowest BCUT2D eigenvalue weighted by molar-refractivity contribution is -0.383. The number of nitro benzene ring substituents is 1. The lowest BCUT2D eigenvalue weighted by Gasteiger charge is -2.06. The van der Waals surface area contributed by atoms with Crippen LogP contribution in [0.25, 0.3) is 11.0 Å². The molecule has 0 spiro atoms. The Balaban J connectivity index is 2.11. The van der Waals surface area contributed by atoms with Crippen molar-refractivity contribution in [3.63, 3.8) is 0 Å². The van der Waals surface area contributed by atoms with Crippen molar-refractivity contribution in [2.45, 2.75) is 0 Å². The van der Waals surface area contributed by atoms with E-state index in [0.29, 0.717) is 11.2 Å². The minimum Gasteiger partial charge on any atom is -0.292 e. The first-order valence-corrected chi connectivity index (χ1v) is 5.05. The molecule has 8 heteroatoms. The van der Waals surface area contributed by atoms with Crippen molar-refractivity contribution in [3.05, 3.63) is 46.8 Å². The second kappa shape index (κ2) is 3.84. The van der Waals surface area contributed by atoms with Crippen LogP contribution in [-0.2, 0) is 0 Å². The fourth-order valence-electron chi connectivity index (χ4n) is 1.64. The van der Waals surface area contributed by atoms with Crippen LogP contribution in [0.2, 0.25) is 0 Å². The summed E-state index contributed by atoms with van der Waals surface area (Å²) in [7, 11) is 0. The highest BCUT2D eigenvalue weighted by Gasteiger charge is 2.19. The lowest BCUT2D eigenvalue weighted by Crippen LogP contribution is -2.06. The molecule has 0 unspecified atom stereocenters. The maximum atomic E-state index is 10.8. The van der Waals surface area contributed by atoms with Gasteiger partial charge in [-0.3, -0.25) is 20.2 Å². The van der Waals surface area contributed by atoms with Gasteiger partial charge >= 0.3 is 5.69 Å². The molecule has 3 aromatic rings. The molecule has 0 bridgehead atoms. The van der Waals surface area contributed by atoms with Gasteiger partial charge in [-0.25, -0.2) is 4.63 Å². The van der Waals surface area contributed by atoms with E-state index in [1.54, 1.807) is 23.1 Å². The van der Waals surface area contributed by atoms with Crippen LogP contribution < -0.4 is 5.43 Å². The molecule has 1 N–H and O–H groups in total. The third kappa shape index (κ3) is 1.56. The van der Waals surface area contributed by atoms with E-state index in [2.05, 4.69) is 20.4 Å². The third-order valence-corrected chi connectivity index (χ3v) is 2.44. The highest BCUT2D eigenvalue weighted by molar-refractivity contribution is 5.93. The molecule has 0 aliphatic heterocycles. The minimum absolute atomic E-state index is 0.122. The van der Waals surface area contributed by atoms with Crippen molar-refractivity contribution in [2.75, 3.05) is 5.43 Å². The Morgan fingerprint density at radius 3 is 2.67 bits per heavy atom. The Morgan fingerprint density at radius 1 is 1.22 bits per heavy atom. The first-order chi connectivity index (χ1) is 8.75. The fraction of sp³-hybridized carbons (Fsp3) is 0. The number of anilines is 1. The topological polar surface area (TPSA) is 99.0 Å². The Kier molecular flexibility index (Phi) is 2.19. The molecule has 2 aromatic heterocycles. The van der Waals surface area contributed by atoms with Gasteiger partial charge in [0.05, 0.1) is 10.6 Å². The summed E-state index contributed by atoms with van der Waals surface area (Å²) in [4.78, 5) is 10.3. The van der Waals surface area contributed by atoms with Crippen molar-refractivity contribution in [1.82, 2.24) is 15.0 Å². The molecule has 3 rings (SSSR count). The summed E-state index contributed by atoms with van der Waals surface area (Å²) in [5, 5.41) is 18.0. The number of non-ortho nitro benzene ring substituents is 1. The molecule has 0 amide bonds. The maximum absolute atomic E-state index is 10.8. The van der Waals surface area contributed by atoms with Gasteiger partial charge in [-0.15, -0.1) is 0 Å². The highest BCUT2D eigenvalue weighted by atomic mass is 16.6. The SMILES string of the molecule is O=[N+]([O-])c1ccc(Nn2cccc2)c2nonc12. The molecule has 18 heavy (non-hydrogen) atoms. The van der Waals surface area contributed by atoms with Crippen LogP contribution in [0.5, 0.6) is 0 Å². The fourth-order valence-corrected chi connectivity index (χ4v) is 1.64. The normalized spacial score (nSPS) is 10.7. The molecule has 90 valence electrons. The molecule has 0 radical (unpaired) electrons. The molecule has 0 aliphatic carbocycles. The van der Waals surface area contributed by atoms with Crippen molar-refractivity contribution in [3.8, 4) is 0 Å². The first-order valence-electron chi connectivity index (χ1n) is 5.05. The molecule has 0 saturated heterocycles. The summed E-state index contributed by atoms with van der Waals surface area (Å²) in [5.41, 5.74) is 3.89. The van der Waals surface area contributed by atoms with Gasteiger partial charge in [0.2, 0.25) is 5.52 Å². The number of hydrogen-bond acceptors (Lipinski definition) is 6. The van der Waals surface area contributed by atoms with Crippen molar-refractivity contribution in [2.24, 2.45) is 0 Å². The summed E-state index contributed by atoms with van der Waals surface area (Å²) in [6.07, 6.45) is 3.58. The van der Waals surface area contributed by atoms with E-state index in [1.165, 1.54) is 6.07 Å². The van der Waals surface area contributed by atoms with Gasteiger partial charge in [-0.05, 0) is 28.5 Å². The van der Waals surface area contributed by atoms with Crippen LogP contribution in [0.4, 0.5) is 11.4 Å². The largest absolute Gasteiger partial charge is 0.300 e.